The molecule has 0 heterocycles. The van der Waals surface area contributed by atoms with Crippen LogP contribution in [-0.2, 0) is 4.79 Å². The summed E-state index contributed by atoms with van der Waals surface area (Å²) in [6.45, 7) is 14.4. The van der Waals surface area contributed by atoms with Gasteiger partial charge in [0.15, 0.2) is 0 Å². The maximum Gasteiger partial charge on any atom is 0.239 e. The molecule has 0 spiro atoms. The van der Waals surface area contributed by atoms with Crippen LogP contribution in [0.3, 0.4) is 0 Å². The molecule has 0 aromatic rings. The van der Waals surface area contributed by atoms with Gasteiger partial charge in [-0.05, 0) is 47.5 Å². The first-order valence-electron chi connectivity index (χ1n) is 7.55. The molecule has 20 heavy (non-hydrogen) atoms. The van der Waals surface area contributed by atoms with E-state index in [0.717, 1.165) is 25.8 Å². The van der Waals surface area contributed by atoms with E-state index in [9.17, 15) is 4.79 Å². The molecule has 0 rings (SSSR count). The van der Waals surface area contributed by atoms with Crippen molar-refractivity contribution in [2.45, 2.75) is 78.4 Å². The third kappa shape index (κ3) is 8.08. The molecule has 5 heteroatoms. The highest BCUT2D eigenvalue weighted by atomic mass is 35.5. The van der Waals surface area contributed by atoms with Gasteiger partial charge >= 0.3 is 0 Å². The summed E-state index contributed by atoms with van der Waals surface area (Å²) in [5.41, 5.74) is 5.26. The molecule has 4 nitrogen and oxygen atoms in total. The van der Waals surface area contributed by atoms with Crippen LogP contribution in [0.1, 0.15) is 60.8 Å². The third-order valence-corrected chi connectivity index (χ3v) is 3.49. The van der Waals surface area contributed by atoms with Crippen molar-refractivity contribution in [3.63, 3.8) is 0 Å². The van der Waals surface area contributed by atoms with Crippen LogP contribution in [0, 0.1) is 0 Å². The number of amides is 1. The first kappa shape index (κ1) is 22.0. The first-order chi connectivity index (χ1) is 8.72. The van der Waals surface area contributed by atoms with Crippen molar-refractivity contribution in [1.29, 1.82) is 0 Å². The second kappa shape index (κ2) is 10.4. The lowest BCUT2D eigenvalue weighted by atomic mass is 9.96. The molecule has 1 unspecified atom stereocenters. The Kier molecular flexibility index (Phi) is 11.4. The van der Waals surface area contributed by atoms with E-state index >= 15 is 0 Å². The molecule has 3 N–H and O–H groups in total. The lowest BCUT2D eigenvalue weighted by Crippen LogP contribution is -2.52. The highest BCUT2D eigenvalue weighted by Crippen LogP contribution is 2.09. The van der Waals surface area contributed by atoms with Gasteiger partial charge in [0.05, 0.1) is 5.54 Å². The van der Waals surface area contributed by atoms with Crippen molar-refractivity contribution in [1.82, 2.24) is 10.2 Å². The van der Waals surface area contributed by atoms with Crippen LogP contribution < -0.4 is 11.1 Å². The van der Waals surface area contributed by atoms with Crippen molar-refractivity contribution < 1.29 is 4.79 Å². The Morgan fingerprint density at radius 2 is 1.75 bits per heavy atom. The highest BCUT2D eigenvalue weighted by molar-refractivity contribution is 5.85. The van der Waals surface area contributed by atoms with Gasteiger partial charge in [-0.1, -0.05) is 13.3 Å². The fraction of sp³-hybridized carbons (Fsp3) is 0.933. The smallest absolute Gasteiger partial charge is 0.239 e. The van der Waals surface area contributed by atoms with Crippen molar-refractivity contribution in [3.05, 3.63) is 0 Å². The number of carbonyl (C=O) groups is 1. The van der Waals surface area contributed by atoms with Gasteiger partial charge in [-0.3, -0.25) is 9.69 Å². The van der Waals surface area contributed by atoms with E-state index in [4.69, 9.17) is 5.73 Å². The standard InChI is InChI=1S/C15H33N3O.ClH/c1-7-9-15(6,16)14(19)17-10-8-11-18(12(2)3)13(4)5;/h12-13H,7-11,16H2,1-6H3,(H,17,19);1H. The minimum absolute atomic E-state index is 0. The Labute approximate surface area is 131 Å². The summed E-state index contributed by atoms with van der Waals surface area (Å²) in [7, 11) is 0. The van der Waals surface area contributed by atoms with Gasteiger partial charge in [-0.2, -0.15) is 0 Å². The zero-order valence-corrected chi connectivity index (χ0v) is 14.8. The summed E-state index contributed by atoms with van der Waals surface area (Å²) in [6, 6.07) is 1.08. The van der Waals surface area contributed by atoms with Gasteiger partial charge in [0.1, 0.15) is 0 Å². The van der Waals surface area contributed by atoms with Gasteiger partial charge in [-0.15, -0.1) is 12.4 Å². The first-order valence-corrected chi connectivity index (χ1v) is 7.55. The second-order valence-corrected chi connectivity index (χ2v) is 6.20. The predicted molar refractivity (Wildman–Crippen MR) is 89.4 cm³/mol. The van der Waals surface area contributed by atoms with Crippen molar-refractivity contribution in [3.8, 4) is 0 Å². The van der Waals surface area contributed by atoms with Gasteiger partial charge < -0.3 is 11.1 Å². The number of halogens is 1. The summed E-state index contributed by atoms with van der Waals surface area (Å²) < 4.78 is 0. The van der Waals surface area contributed by atoms with Crippen molar-refractivity contribution in [2.75, 3.05) is 13.1 Å². The maximum atomic E-state index is 11.9. The van der Waals surface area contributed by atoms with Crippen LogP contribution in [0.25, 0.3) is 0 Å². The number of nitrogens with zero attached hydrogens (tertiary/aromatic N) is 1. The van der Waals surface area contributed by atoms with Crippen LogP contribution in [0.5, 0.6) is 0 Å². The Morgan fingerprint density at radius 1 is 1.25 bits per heavy atom. The molecule has 0 aliphatic carbocycles. The van der Waals surface area contributed by atoms with Gasteiger partial charge in [0, 0.05) is 25.2 Å². The van der Waals surface area contributed by atoms with Crippen molar-refractivity contribution in [2.24, 2.45) is 5.73 Å². The van der Waals surface area contributed by atoms with Gasteiger partial charge in [0.2, 0.25) is 5.91 Å². The summed E-state index contributed by atoms with van der Waals surface area (Å²) in [5, 5.41) is 2.95. The lowest BCUT2D eigenvalue weighted by Gasteiger charge is -2.30. The van der Waals surface area contributed by atoms with Gasteiger partial charge in [-0.25, -0.2) is 0 Å². The zero-order chi connectivity index (χ0) is 15.1. The molecule has 122 valence electrons. The average Bonchev–Trinajstić information content (AvgIpc) is 2.27. The topological polar surface area (TPSA) is 58.4 Å². The molecule has 0 aromatic heterocycles. The highest BCUT2D eigenvalue weighted by Gasteiger charge is 2.26. The molecule has 0 bridgehead atoms. The molecule has 0 radical (unpaired) electrons. The quantitative estimate of drug-likeness (QED) is 0.644. The van der Waals surface area contributed by atoms with Crippen LogP contribution >= 0.6 is 12.4 Å². The predicted octanol–water partition coefficient (Wildman–Crippen LogP) is 2.55. The molecule has 0 aliphatic rings. The van der Waals surface area contributed by atoms with Crippen LogP contribution in [0.15, 0.2) is 0 Å². The number of hydrogen-bond donors (Lipinski definition) is 2. The molecular formula is C15H34ClN3O. The number of carbonyl (C=O) groups excluding carboxylic acids is 1. The summed E-state index contributed by atoms with van der Waals surface area (Å²) in [6.07, 6.45) is 2.61. The molecule has 0 aliphatic heterocycles. The third-order valence-electron chi connectivity index (χ3n) is 3.49. The summed E-state index contributed by atoms with van der Waals surface area (Å²) in [5.74, 6) is -0.0324. The largest absolute Gasteiger partial charge is 0.354 e. The molecular weight excluding hydrogens is 274 g/mol. The number of nitrogens with two attached hydrogens (primary N) is 1. The van der Waals surface area contributed by atoms with E-state index in [0.29, 0.717) is 18.6 Å². The van der Waals surface area contributed by atoms with E-state index in [1.54, 1.807) is 6.92 Å². The average molecular weight is 308 g/mol. The summed E-state index contributed by atoms with van der Waals surface area (Å²) in [4.78, 5) is 14.3. The lowest BCUT2D eigenvalue weighted by molar-refractivity contribution is -0.126. The molecule has 1 amide bonds. The maximum absolute atomic E-state index is 11.9. The van der Waals surface area contributed by atoms with E-state index < -0.39 is 5.54 Å². The zero-order valence-electron chi connectivity index (χ0n) is 14.0. The number of rotatable bonds is 9. The monoisotopic (exact) mass is 307 g/mol. The fourth-order valence-electron chi connectivity index (χ4n) is 2.41. The van der Waals surface area contributed by atoms with Crippen LogP contribution in [0.2, 0.25) is 0 Å². The number of nitrogens with one attached hydrogen (secondary N) is 1. The Hall–Kier alpha value is -0.320. The minimum atomic E-state index is -0.732. The summed E-state index contributed by atoms with van der Waals surface area (Å²) >= 11 is 0. The van der Waals surface area contributed by atoms with E-state index in [2.05, 4.69) is 37.9 Å². The second-order valence-electron chi connectivity index (χ2n) is 6.20. The van der Waals surface area contributed by atoms with E-state index in [-0.39, 0.29) is 18.3 Å². The van der Waals surface area contributed by atoms with Crippen LogP contribution in [0.4, 0.5) is 0 Å². The van der Waals surface area contributed by atoms with E-state index in [1.165, 1.54) is 0 Å². The SMILES string of the molecule is CCCC(C)(N)C(=O)NCCCN(C(C)C)C(C)C.Cl. The van der Waals surface area contributed by atoms with Gasteiger partial charge in [0.25, 0.3) is 0 Å². The van der Waals surface area contributed by atoms with Crippen molar-refractivity contribution >= 4 is 18.3 Å². The molecule has 0 fully saturated rings. The molecule has 1 atom stereocenters. The Balaban J connectivity index is 0. The Bertz CT molecular complexity index is 260. The molecule has 0 aromatic carbocycles. The molecule has 0 saturated heterocycles. The Morgan fingerprint density at radius 3 is 2.15 bits per heavy atom. The fourth-order valence-corrected chi connectivity index (χ4v) is 2.41. The van der Waals surface area contributed by atoms with E-state index in [1.807, 2.05) is 6.92 Å². The minimum Gasteiger partial charge on any atom is -0.354 e. The number of hydrogen-bond acceptors (Lipinski definition) is 3. The molecule has 0 saturated carbocycles. The van der Waals surface area contributed by atoms with Crippen LogP contribution in [-0.4, -0.2) is 41.5 Å². The normalized spacial score (nSPS) is 14.3.